The van der Waals surface area contributed by atoms with Gasteiger partial charge in [-0.3, -0.25) is 4.98 Å². The predicted octanol–water partition coefficient (Wildman–Crippen LogP) is 6.06. The molecule has 2 aliphatic rings. The largest absolute Gasteiger partial charge is 0.255 e. The number of benzene rings is 1. The van der Waals surface area contributed by atoms with Crippen molar-refractivity contribution >= 4 is 14.5 Å². The number of fused-ring (bicyclic) bond motifs is 5. The first-order chi connectivity index (χ1) is 15.0. The van der Waals surface area contributed by atoms with Crippen LogP contribution in [0.25, 0.3) is 22.6 Å². The molecule has 3 aromatic rings. The second-order valence-electron chi connectivity index (χ2n) is 11.5. The van der Waals surface area contributed by atoms with Gasteiger partial charge in [-0.25, -0.2) is 15.0 Å². The van der Waals surface area contributed by atoms with E-state index in [4.69, 9.17) is 19.9 Å². The smallest absolute Gasteiger partial charge is 0.165 e. The Kier molecular flexibility index (Phi) is 5.02. The lowest BCUT2D eigenvalue weighted by Gasteiger charge is -2.23. The summed E-state index contributed by atoms with van der Waals surface area (Å²) in [6, 6.07) is 9.10. The molecule has 2 heterocycles. The first-order valence-electron chi connectivity index (χ1n) is 11.7. The third kappa shape index (κ3) is 3.77. The SMILES string of the molecule is CC(C)(C)c1nc(-c2cnc(-c3ccc4c(c3)C3CCC4C3)cc2P)nc(C(C)(C)C)n1. The normalized spacial score (nSPS) is 20.0. The third-order valence-electron chi connectivity index (χ3n) is 6.85. The summed E-state index contributed by atoms with van der Waals surface area (Å²) in [7, 11) is 2.87. The maximum absolute atomic E-state index is 4.85. The van der Waals surface area contributed by atoms with Crippen molar-refractivity contribution in [2.45, 2.75) is 83.5 Å². The van der Waals surface area contributed by atoms with Gasteiger partial charge in [-0.2, -0.15) is 0 Å². The Bertz CT molecular complexity index is 1170. The van der Waals surface area contributed by atoms with Crippen LogP contribution in [-0.2, 0) is 10.8 Å². The van der Waals surface area contributed by atoms with Gasteiger partial charge in [0.05, 0.1) is 5.69 Å². The zero-order valence-electron chi connectivity index (χ0n) is 20.0. The Morgan fingerprint density at radius 2 is 1.44 bits per heavy atom. The van der Waals surface area contributed by atoms with E-state index in [1.54, 1.807) is 11.1 Å². The van der Waals surface area contributed by atoms with Gasteiger partial charge in [0.1, 0.15) is 11.6 Å². The van der Waals surface area contributed by atoms with E-state index in [2.05, 4.69) is 75.0 Å². The first kappa shape index (κ1) is 21.6. The van der Waals surface area contributed by atoms with Crippen molar-refractivity contribution in [3.05, 3.63) is 53.2 Å². The fourth-order valence-corrected chi connectivity index (χ4v) is 5.35. The van der Waals surface area contributed by atoms with Crippen molar-refractivity contribution in [2.75, 3.05) is 0 Å². The van der Waals surface area contributed by atoms with Crippen LogP contribution in [0.3, 0.4) is 0 Å². The predicted molar refractivity (Wildman–Crippen MR) is 135 cm³/mol. The third-order valence-corrected chi connectivity index (χ3v) is 7.33. The highest BCUT2D eigenvalue weighted by Crippen LogP contribution is 2.53. The summed E-state index contributed by atoms with van der Waals surface area (Å²) >= 11 is 0. The molecule has 0 radical (unpaired) electrons. The molecule has 1 fully saturated rings. The van der Waals surface area contributed by atoms with Gasteiger partial charge >= 0.3 is 0 Å². The van der Waals surface area contributed by atoms with Crippen molar-refractivity contribution in [1.82, 2.24) is 19.9 Å². The Balaban J connectivity index is 1.55. The molecule has 166 valence electrons. The molecule has 1 aromatic carbocycles. The van der Waals surface area contributed by atoms with Gasteiger partial charge in [0.25, 0.3) is 0 Å². The van der Waals surface area contributed by atoms with Crippen LogP contribution in [0.2, 0.25) is 0 Å². The van der Waals surface area contributed by atoms with Crippen molar-refractivity contribution in [3.63, 3.8) is 0 Å². The van der Waals surface area contributed by atoms with Crippen molar-refractivity contribution in [1.29, 1.82) is 0 Å². The fraction of sp³-hybridized carbons (Fsp3) is 0.481. The molecule has 32 heavy (non-hydrogen) atoms. The lowest BCUT2D eigenvalue weighted by Crippen LogP contribution is -2.24. The van der Waals surface area contributed by atoms with E-state index in [0.29, 0.717) is 5.82 Å². The molecule has 1 saturated carbocycles. The first-order valence-corrected chi connectivity index (χ1v) is 12.3. The highest BCUT2D eigenvalue weighted by molar-refractivity contribution is 7.28. The maximum atomic E-state index is 4.85. The van der Waals surface area contributed by atoms with Gasteiger partial charge in [-0.1, -0.05) is 53.7 Å². The average molecular weight is 445 g/mol. The van der Waals surface area contributed by atoms with Crippen molar-refractivity contribution < 1.29 is 0 Å². The van der Waals surface area contributed by atoms with E-state index in [9.17, 15) is 0 Å². The van der Waals surface area contributed by atoms with Crippen LogP contribution >= 0.6 is 9.24 Å². The van der Waals surface area contributed by atoms with E-state index >= 15 is 0 Å². The molecule has 5 heteroatoms. The second-order valence-corrected chi connectivity index (χ2v) is 12.1. The van der Waals surface area contributed by atoms with Gasteiger partial charge in [-0.15, -0.1) is 9.24 Å². The molecular weight excluding hydrogens is 411 g/mol. The number of aromatic nitrogens is 4. The van der Waals surface area contributed by atoms with E-state index in [1.807, 2.05) is 6.20 Å². The lowest BCUT2D eigenvalue weighted by atomic mass is 9.90. The van der Waals surface area contributed by atoms with Gasteiger partial charge < -0.3 is 0 Å². The van der Waals surface area contributed by atoms with E-state index in [1.165, 1.54) is 24.8 Å². The standard InChI is InChI=1S/C27H33N4P/c1-26(2,3)24-29-23(30-25(31-24)27(4,5)6)20-14-28-21(13-22(20)32)17-9-10-18-15-7-8-16(11-15)19(18)12-17/h9-10,12-16H,7-8,11,32H2,1-6H3. The summed E-state index contributed by atoms with van der Waals surface area (Å²) < 4.78 is 0. The van der Waals surface area contributed by atoms with Crippen molar-refractivity contribution in [3.8, 4) is 22.6 Å². The fourth-order valence-electron chi connectivity index (χ4n) is 4.99. The molecular formula is C27H33N4P. The molecule has 2 aliphatic carbocycles. The van der Waals surface area contributed by atoms with Crippen LogP contribution in [0, 0.1) is 0 Å². The minimum absolute atomic E-state index is 0.157. The van der Waals surface area contributed by atoms with Gasteiger partial charge in [0.2, 0.25) is 0 Å². The zero-order chi connectivity index (χ0) is 22.8. The summed E-state index contributed by atoms with van der Waals surface area (Å²) in [6.45, 7) is 12.8. The second kappa shape index (κ2) is 7.42. The minimum atomic E-state index is -0.157. The van der Waals surface area contributed by atoms with Crippen LogP contribution in [0.15, 0.2) is 30.5 Å². The quantitative estimate of drug-likeness (QED) is 0.451. The molecule has 0 aliphatic heterocycles. The zero-order valence-corrected chi connectivity index (χ0v) is 21.2. The van der Waals surface area contributed by atoms with Gasteiger partial charge in [0.15, 0.2) is 5.82 Å². The van der Waals surface area contributed by atoms with Gasteiger partial charge in [0, 0.05) is 28.2 Å². The van der Waals surface area contributed by atoms with Crippen LogP contribution in [0.5, 0.6) is 0 Å². The number of pyridine rings is 1. The van der Waals surface area contributed by atoms with Crippen LogP contribution in [0.4, 0.5) is 0 Å². The lowest BCUT2D eigenvalue weighted by molar-refractivity contribution is 0.497. The highest BCUT2D eigenvalue weighted by Gasteiger charge is 2.36. The number of hydrogen-bond donors (Lipinski definition) is 0. The van der Waals surface area contributed by atoms with Crippen LogP contribution < -0.4 is 5.30 Å². The van der Waals surface area contributed by atoms with E-state index < -0.39 is 0 Å². The van der Waals surface area contributed by atoms with Crippen LogP contribution in [-0.4, -0.2) is 19.9 Å². The molecule has 2 aromatic heterocycles. The molecule has 2 bridgehead atoms. The Morgan fingerprint density at radius 3 is 2.03 bits per heavy atom. The number of nitrogens with zero attached hydrogens (tertiary/aromatic N) is 4. The molecule has 0 amide bonds. The van der Waals surface area contributed by atoms with E-state index in [-0.39, 0.29) is 10.8 Å². The van der Waals surface area contributed by atoms with Gasteiger partial charge in [-0.05, 0) is 59.7 Å². The van der Waals surface area contributed by atoms with Crippen LogP contribution in [0.1, 0.15) is 95.4 Å². The summed E-state index contributed by atoms with van der Waals surface area (Å²) in [5.74, 6) is 3.87. The Morgan fingerprint density at radius 1 is 0.812 bits per heavy atom. The Labute approximate surface area is 193 Å². The number of rotatable bonds is 2. The maximum Gasteiger partial charge on any atom is 0.165 e. The number of hydrogen-bond acceptors (Lipinski definition) is 4. The van der Waals surface area contributed by atoms with Crippen molar-refractivity contribution in [2.24, 2.45) is 0 Å². The molecule has 3 unspecified atom stereocenters. The molecule has 4 nitrogen and oxygen atoms in total. The summed E-state index contributed by atoms with van der Waals surface area (Å²) in [6.07, 6.45) is 5.96. The molecule has 3 atom stereocenters. The Hall–Kier alpha value is -2.19. The minimum Gasteiger partial charge on any atom is -0.255 e. The molecule has 0 saturated heterocycles. The van der Waals surface area contributed by atoms with E-state index in [0.717, 1.165) is 40.0 Å². The molecule has 5 rings (SSSR count). The average Bonchev–Trinajstić information content (AvgIpc) is 3.34. The summed E-state index contributed by atoms with van der Waals surface area (Å²) in [5, 5.41) is 1.06. The summed E-state index contributed by atoms with van der Waals surface area (Å²) in [5.41, 5.74) is 5.96. The highest BCUT2D eigenvalue weighted by atomic mass is 31.0. The topological polar surface area (TPSA) is 51.6 Å². The molecule has 0 spiro atoms. The molecule has 0 N–H and O–H groups in total. The summed E-state index contributed by atoms with van der Waals surface area (Å²) in [4.78, 5) is 19.3. The monoisotopic (exact) mass is 444 g/mol.